The van der Waals surface area contributed by atoms with Gasteiger partial charge in [0.1, 0.15) is 29.0 Å². The van der Waals surface area contributed by atoms with E-state index in [0.29, 0.717) is 17.7 Å². The number of ketones is 1. The van der Waals surface area contributed by atoms with Gasteiger partial charge >= 0.3 is 0 Å². The standard InChI is InChI=1S/C20H20O5/c1-20(2)19(23)8-12-7-11(3-6-16(12)25-20)17-10-15(22)14-5-4-13(21)9-18(14)24-17/h3-7,9,17,19,21,23H,8,10H2,1-2H3/t17-,19+/m0/s1. The van der Waals surface area contributed by atoms with E-state index in [2.05, 4.69) is 0 Å². The molecule has 0 radical (unpaired) electrons. The van der Waals surface area contributed by atoms with Crippen molar-refractivity contribution >= 4 is 5.78 Å². The molecule has 0 fully saturated rings. The summed E-state index contributed by atoms with van der Waals surface area (Å²) in [6, 6.07) is 10.2. The van der Waals surface area contributed by atoms with Gasteiger partial charge in [-0.15, -0.1) is 0 Å². The Labute approximate surface area is 145 Å². The minimum atomic E-state index is -0.623. The van der Waals surface area contributed by atoms with Gasteiger partial charge in [0.25, 0.3) is 0 Å². The Morgan fingerprint density at radius 2 is 1.88 bits per heavy atom. The molecule has 2 aliphatic heterocycles. The zero-order chi connectivity index (χ0) is 17.8. The van der Waals surface area contributed by atoms with Crippen LogP contribution < -0.4 is 9.47 Å². The van der Waals surface area contributed by atoms with Crippen LogP contribution in [-0.4, -0.2) is 27.7 Å². The summed E-state index contributed by atoms with van der Waals surface area (Å²) in [4.78, 5) is 12.4. The van der Waals surface area contributed by atoms with Crippen LogP contribution in [0.5, 0.6) is 17.2 Å². The van der Waals surface area contributed by atoms with E-state index >= 15 is 0 Å². The lowest BCUT2D eigenvalue weighted by Gasteiger charge is -2.37. The lowest BCUT2D eigenvalue weighted by molar-refractivity contribution is -0.0412. The van der Waals surface area contributed by atoms with E-state index in [-0.39, 0.29) is 18.0 Å². The number of phenolic OH excluding ortho intramolecular Hbond substituents is 1. The molecule has 130 valence electrons. The first-order valence-corrected chi connectivity index (χ1v) is 8.36. The van der Waals surface area contributed by atoms with Gasteiger partial charge in [0.05, 0.1) is 18.1 Å². The van der Waals surface area contributed by atoms with Crippen LogP contribution in [0.1, 0.15) is 47.9 Å². The van der Waals surface area contributed by atoms with Gasteiger partial charge in [-0.1, -0.05) is 6.07 Å². The minimum absolute atomic E-state index is 0.0126. The molecule has 2 heterocycles. The highest BCUT2D eigenvalue weighted by Crippen LogP contribution is 2.39. The van der Waals surface area contributed by atoms with Crippen molar-refractivity contribution in [1.82, 2.24) is 0 Å². The highest BCUT2D eigenvalue weighted by atomic mass is 16.5. The van der Waals surface area contributed by atoms with Crippen molar-refractivity contribution in [2.75, 3.05) is 0 Å². The smallest absolute Gasteiger partial charge is 0.170 e. The number of carbonyl (C=O) groups excluding carboxylic acids is 1. The maximum Gasteiger partial charge on any atom is 0.170 e. The number of phenols is 1. The molecule has 0 aliphatic carbocycles. The van der Waals surface area contributed by atoms with E-state index in [4.69, 9.17) is 9.47 Å². The molecule has 5 heteroatoms. The van der Waals surface area contributed by atoms with Crippen molar-refractivity contribution in [2.24, 2.45) is 0 Å². The Kier molecular flexibility index (Phi) is 3.51. The number of rotatable bonds is 1. The van der Waals surface area contributed by atoms with Gasteiger partial charge in [0.2, 0.25) is 0 Å². The van der Waals surface area contributed by atoms with E-state index in [1.54, 1.807) is 6.07 Å². The number of hydrogen-bond acceptors (Lipinski definition) is 5. The third-order valence-electron chi connectivity index (χ3n) is 4.95. The lowest BCUT2D eigenvalue weighted by atomic mass is 9.89. The number of aliphatic hydroxyl groups is 1. The van der Waals surface area contributed by atoms with Gasteiger partial charge in [-0.05, 0) is 49.2 Å². The Morgan fingerprint density at radius 1 is 1.08 bits per heavy atom. The molecule has 0 bridgehead atoms. The summed E-state index contributed by atoms with van der Waals surface area (Å²) < 4.78 is 11.8. The van der Waals surface area contributed by atoms with Crippen LogP contribution in [0.4, 0.5) is 0 Å². The summed E-state index contributed by atoms with van der Waals surface area (Å²) in [7, 11) is 0. The second-order valence-corrected chi connectivity index (χ2v) is 7.21. The number of Topliss-reactive ketones (excluding diaryl/α,β-unsaturated/α-hetero) is 1. The molecule has 2 N–H and O–H groups in total. The maximum atomic E-state index is 12.4. The van der Waals surface area contributed by atoms with Gasteiger partial charge in [-0.25, -0.2) is 0 Å². The fraction of sp³-hybridized carbons (Fsp3) is 0.350. The third kappa shape index (κ3) is 2.74. The van der Waals surface area contributed by atoms with Gasteiger partial charge in [-0.2, -0.15) is 0 Å². The number of fused-ring (bicyclic) bond motifs is 2. The van der Waals surface area contributed by atoms with Crippen molar-refractivity contribution in [3.05, 3.63) is 53.1 Å². The normalized spacial score (nSPS) is 23.9. The second-order valence-electron chi connectivity index (χ2n) is 7.21. The summed E-state index contributed by atoms with van der Waals surface area (Å²) >= 11 is 0. The predicted octanol–water partition coefficient (Wildman–Crippen LogP) is 3.17. The Hall–Kier alpha value is -2.53. The molecule has 2 aromatic carbocycles. The van der Waals surface area contributed by atoms with Crippen LogP contribution in [0.3, 0.4) is 0 Å². The fourth-order valence-electron chi connectivity index (χ4n) is 3.36. The molecule has 4 rings (SSSR count). The molecule has 0 saturated heterocycles. The summed E-state index contributed by atoms with van der Waals surface area (Å²) in [6.07, 6.45) is -0.277. The van der Waals surface area contributed by atoms with E-state index < -0.39 is 17.8 Å². The first-order valence-electron chi connectivity index (χ1n) is 8.36. The van der Waals surface area contributed by atoms with Crippen molar-refractivity contribution in [3.8, 4) is 17.2 Å². The quantitative estimate of drug-likeness (QED) is 0.834. The third-order valence-corrected chi connectivity index (χ3v) is 4.95. The van der Waals surface area contributed by atoms with Crippen LogP contribution in [-0.2, 0) is 6.42 Å². The SMILES string of the molecule is CC1(C)Oc2ccc([C@@H]3CC(=O)c4ccc(O)cc4O3)cc2C[C@H]1O. The lowest BCUT2D eigenvalue weighted by Crippen LogP contribution is -2.46. The minimum Gasteiger partial charge on any atom is -0.508 e. The first-order chi connectivity index (χ1) is 11.8. The molecule has 0 amide bonds. The molecule has 5 nitrogen and oxygen atoms in total. The molecule has 0 saturated carbocycles. The number of aromatic hydroxyl groups is 1. The monoisotopic (exact) mass is 340 g/mol. The van der Waals surface area contributed by atoms with Crippen LogP contribution in [0.2, 0.25) is 0 Å². The van der Waals surface area contributed by atoms with E-state index in [9.17, 15) is 15.0 Å². The maximum absolute atomic E-state index is 12.4. The molecule has 0 spiro atoms. The molecular weight excluding hydrogens is 320 g/mol. The van der Waals surface area contributed by atoms with E-state index in [0.717, 1.165) is 16.9 Å². The van der Waals surface area contributed by atoms with Crippen molar-refractivity contribution in [2.45, 2.75) is 44.5 Å². The molecule has 2 atom stereocenters. The molecule has 0 aromatic heterocycles. The van der Waals surface area contributed by atoms with Gasteiger partial charge in [-0.3, -0.25) is 4.79 Å². The van der Waals surface area contributed by atoms with E-state index in [1.807, 2.05) is 32.0 Å². The molecule has 0 unspecified atom stereocenters. The van der Waals surface area contributed by atoms with Crippen LogP contribution in [0, 0.1) is 0 Å². The first kappa shape index (κ1) is 16.0. The van der Waals surface area contributed by atoms with Crippen molar-refractivity contribution < 1.29 is 24.5 Å². The average molecular weight is 340 g/mol. The second kappa shape index (κ2) is 5.49. The zero-order valence-corrected chi connectivity index (χ0v) is 14.2. The summed E-state index contributed by atoms with van der Waals surface area (Å²) in [5.74, 6) is 1.20. The Bertz CT molecular complexity index is 855. The molecule has 2 aromatic rings. The zero-order valence-electron chi connectivity index (χ0n) is 14.2. The Morgan fingerprint density at radius 3 is 2.68 bits per heavy atom. The van der Waals surface area contributed by atoms with Gasteiger partial charge in [0.15, 0.2) is 5.78 Å². The van der Waals surface area contributed by atoms with Crippen molar-refractivity contribution in [1.29, 1.82) is 0 Å². The molecule has 25 heavy (non-hydrogen) atoms. The summed E-state index contributed by atoms with van der Waals surface area (Å²) in [6.45, 7) is 3.72. The number of carbonyl (C=O) groups is 1. The van der Waals surface area contributed by atoms with Gasteiger partial charge in [0, 0.05) is 12.5 Å². The van der Waals surface area contributed by atoms with Crippen LogP contribution in [0.25, 0.3) is 0 Å². The summed E-state index contributed by atoms with van der Waals surface area (Å²) in [5.41, 5.74) is 1.63. The highest BCUT2D eigenvalue weighted by molar-refractivity contribution is 6.00. The van der Waals surface area contributed by atoms with Crippen molar-refractivity contribution in [3.63, 3.8) is 0 Å². The molecular formula is C20H20O5. The van der Waals surface area contributed by atoms with Crippen LogP contribution >= 0.6 is 0 Å². The van der Waals surface area contributed by atoms with E-state index in [1.165, 1.54) is 12.1 Å². The summed E-state index contributed by atoms with van der Waals surface area (Å²) in [5, 5.41) is 19.9. The van der Waals surface area contributed by atoms with Crippen LogP contribution in [0.15, 0.2) is 36.4 Å². The number of hydrogen-bond donors (Lipinski definition) is 2. The molecule has 2 aliphatic rings. The number of benzene rings is 2. The number of ether oxygens (including phenoxy) is 2. The number of aliphatic hydroxyl groups excluding tert-OH is 1. The van der Waals surface area contributed by atoms with Gasteiger partial charge < -0.3 is 19.7 Å². The largest absolute Gasteiger partial charge is 0.508 e. The Balaban J connectivity index is 1.66. The predicted molar refractivity (Wildman–Crippen MR) is 91.3 cm³/mol. The topological polar surface area (TPSA) is 76.0 Å². The fourth-order valence-corrected chi connectivity index (χ4v) is 3.36. The highest BCUT2D eigenvalue weighted by Gasteiger charge is 2.36. The average Bonchev–Trinajstić information content (AvgIpc) is 2.54.